The Balaban J connectivity index is 2.42. The zero-order valence-electron chi connectivity index (χ0n) is 6.17. The predicted octanol–water partition coefficient (Wildman–Crippen LogP) is 0.254. The van der Waals surface area contributed by atoms with Crippen LogP contribution in [-0.4, -0.2) is 23.9 Å². The monoisotopic (exact) mass is 150 g/mol. The maximum absolute atomic E-state index is 8.22. The average molecular weight is 150 g/mol. The molecule has 0 radical (unpaired) electrons. The minimum Gasteiger partial charge on any atom is -0.338 e. The van der Waals surface area contributed by atoms with E-state index in [1.165, 1.54) is 0 Å². The van der Waals surface area contributed by atoms with Crippen molar-refractivity contribution in [2.45, 2.75) is 6.42 Å². The molecule has 1 aliphatic heterocycles. The second-order valence-corrected chi connectivity index (χ2v) is 2.29. The molecule has 1 rings (SSSR count). The van der Waals surface area contributed by atoms with Crippen molar-refractivity contribution in [3.8, 4) is 6.19 Å². The lowest BCUT2D eigenvalue weighted by Gasteiger charge is -2.23. The second-order valence-electron chi connectivity index (χ2n) is 2.29. The first-order valence-corrected chi connectivity index (χ1v) is 3.48. The summed E-state index contributed by atoms with van der Waals surface area (Å²) in [4.78, 5) is 1.81. The molecule has 0 unspecified atom stereocenters. The summed E-state index contributed by atoms with van der Waals surface area (Å²) in [6.07, 6.45) is 6.75. The molecule has 0 aliphatic carbocycles. The molecule has 0 saturated carbocycles. The summed E-state index contributed by atoms with van der Waals surface area (Å²) >= 11 is 0. The van der Waals surface area contributed by atoms with Crippen molar-refractivity contribution in [2.75, 3.05) is 13.1 Å². The number of rotatable bonds is 0. The number of hydrogen-bond donors (Lipinski definition) is 2. The van der Waals surface area contributed by atoms with Crippen molar-refractivity contribution < 1.29 is 0 Å². The van der Waals surface area contributed by atoms with Crippen LogP contribution in [0, 0.1) is 16.9 Å². The maximum Gasteiger partial charge on any atom is 0.204 e. The third-order valence-electron chi connectivity index (χ3n) is 1.55. The second kappa shape index (κ2) is 3.62. The summed E-state index contributed by atoms with van der Waals surface area (Å²) in [6, 6.07) is 0. The van der Waals surface area contributed by atoms with Gasteiger partial charge in [-0.2, -0.15) is 5.26 Å². The molecule has 2 N–H and O–H groups in total. The van der Waals surface area contributed by atoms with Gasteiger partial charge in [-0.1, -0.05) is 12.2 Å². The Morgan fingerprint density at radius 3 is 3.00 bits per heavy atom. The zero-order chi connectivity index (χ0) is 8.10. The molecule has 0 saturated heterocycles. The molecule has 0 aromatic heterocycles. The van der Waals surface area contributed by atoms with E-state index in [1.807, 2.05) is 11.0 Å². The number of nitrogens with zero attached hydrogens (tertiary/aromatic N) is 2. The normalized spacial score (nSPS) is 15.7. The van der Waals surface area contributed by atoms with E-state index in [-0.39, 0.29) is 5.96 Å². The van der Waals surface area contributed by atoms with Gasteiger partial charge < -0.3 is 4.90 Å². The Hall–Kier alpha value is -1.50. The van der Waals surface area contributed by atoms with Crippen LogP contribution in [0.3, 0.4) is 0 Å². The van der Waals surface area contributed by atoms with Gasteiger partial charge in [-0.05, 0) is 6.42 Å². The zero-order valence-corrected chi connectivity index (χ0v) is 6.17. The van der Waals surface area contributed by atoms with E-state index in [9.17, 15) is 0 Å². The van der Waals surface area contributed by atoms with Crippen molar-refractivity contribution in [2.24, 2.45) is 0 Å². The van der Waals surface area contributed by atoms with Crippen molar-refractivity contribution in [1.29, 1.82) is 10.7 Å². The van der Waals surface area contributed by atoms with Crippen LogP contribution in [0.2, 0.25) is 0 Å². The fourth-order valence-electron chi connectivity index (χ4n) is 0.976. The highest BCUT2D eigenvalue weighted by Crippen LogP contribution is 1.99. The van der Waals surface area contributed by atoms with Gasteiger partial charge in [0.2, 0.25) is 5.96 Å². The average Bonchev–Trinajstić information content (AvgIpc) is 2.07. The number of nitrogens with one attached hydrogen (secondary N) is 2. The van der Waals surface area contributed by atoms with Gasteiger partial charge in [0.15, 0.2) is 6.19 Å². The van der Waals surface area contributed by atoms with E-state index < -0.39 is 0 Å². The SMILES string of the molecule is N#CNC(=N)N1CC=CCC1. The highest BCUT2D eigenvalue weighted by Gasteiger charge is 2.08. The fourth-order valence-corrected chi connectivity index (χ4v) is 0.976. The van der Waals surface area contributed by atoms with Crippen LogP contribution in [0.25, 0.3) is 0 Å². The Bertz CT molecular complexity index is 213. The minimum atomic E-state index is 0.192. The Labute approximate surface area is 65.6 Å². The topological polar surface area (TPSA) is 62.9 Å². The molecule has 0 amide bonds. The molecule has 0 aromatic rings. The summed E-state index contributed by atoms with van der Waals surface area (Å²) in [5.74, 6) is 0.192. The van der Waals surface area contributed by atoms with Crippen LogP contribution in [0.5, 0.6) is 0 Å². The lowest BCUT2D eigenvalue weighted by molar-refractivity contribution is 0.440. The van der Waals surface area contributed by atoms with Crippen LogP contribution >= 0.6 is 0 Å². The van der Waals surface area contributed by atoms with Gasteiger partial charge in [0.1, 0.15) is 0 Å². The molecule has 0 bridgehead atoms. The quantitative estimate of drug-likeness (QED) is 0.171. The molecule has 1 heterocycles. The third-order valence-corrected chi connectivity index (χ3v) is 1.55. The number of hydrogen-bond acceptors (Lipinski definition) is 2. The molecular weight excluding hydrogens is 140 g/mol. The van der Waals surface area contributed by atoms with Crippen LogP contribution < -0.4 is 5.32 Å². The number of guanidine groups is 1. The third kappa shape index (κ3) is 1.97. The lowest BCUT2D eigenvalue weighted by atomic mass is 10.3. The van der Waals surface area contributed by atoms with E-state index >= 15 is 0 Å². The van der Waals surface area contributed by atoms with Gasteiger partial charge in [-0.3, -0.25) is 10.7 Å². The van der Waals surface area contributed by atoms with Gasteiger partial charge in [-0.25, -0.2) is 0 Å². The molecule has 4 nitrogen and oxygen atoms in total. The predicted molar refractivity (Wildman–Crippen MR) is 41.8 cm³/mol. The van der Waals surface area contributed by atoms with Gasteiger partial charge in [0, 0.05) is 13.1 Å². The Morgan fingerprint density at radius 2 is 2.45 bits per heavy atom. The lowest BCUT2D eigenvalue weighted by Crippen LogP contribution is -2.40. The van der Waals surface area contributed by atoms with Crippen molar-refractivity contribution >= 4 is 5.96 Å². The fraction of sp³-hybridized carbons (Fsp3) is 0.429. The molecule has 0 atom stereocenters. The van der Waals surface area contributed by atoms with Gasteiger partial charge in [0.05, 0.1) is 0 Å². The largest absolute Gasteiger partial charge is 0.338 e. The summed E-state index contributed by atoms with van der Waals surface area (Å²) < 4.78 is 0. The van der Waals surface area contributed by atoms with E-state index in [1.54, 1.807) is 6.19 Å². The molecule has 11 heavy (non-hydrogen) atoms. The van der Waals surface area contributed by atoms with E-state index in [0.717, 1.165) is 19.5 Å². The molecule has 0 aromatic carbocycles. The highest BCUT2D eigenvalue weighted by molar-refractivity contribution is 5.78. The van der Waals surface area contributed by atoms with Gasteiger partial charge in [-0.15, -0.1) is 0 Å². The van der Waals surface area contributed by atoms with Crippen molar-refractivity contribution in [3.05, 3.63) is 12.2 Å². The highest BCUT2D eigenvalue weighted by atomic mass is 15.3. The molecule has 0 fully saturated rings. The van der Waals surface area contributed by atoms with Gasteiger partial charge in [0.25, 0.3) is 0 Å². The summed E-state index contributed by atoms with van der Waals surface area (Å²) in [6.45, 7) is 1.55. The minimum absolute atomic E-state index is 0.192. The molecule has 1 aliphatic rings. The van der Waals surface area contributed by atoms with Crippen LogP contribution in [0.4, 0.5) is 0 Å². The van der Waals surface area contributed by atoms with E-state index in [4.69, 9.17) is 10.7 Å². The summed E-state index contributed by atoms with van der Waals surface area (Å²) in [5, 5.41) is 17.9. The maximum atomic E-state index is 8.22. The van der Waals surface area contributed by atoms with E-state index in [0.29, 0.717) is 0 Å². The first-order chi connectivity index (χ1) is 5.34. The molecule has 4 heteroatoms. The standard InChI is InChI=1S/C7H10N4/c8-6-10-7(9)11-4-2-1-3-5-11/h1-2H,3-5H2,(H2,9,10). The first kappa shape index (κ1) is 7.61. The van der Waals surface area contributed by atoms with Crippen LogP contribution in [0.15, 0.2) is 12.2 Å². The Kier molecular flexibility index (Phi) is 2.50. The van der Waals surface area contributed by atoms with Crippen molar-refractivity contribution in [3.63, 3.8) is 0 Å². The molecule has 0 spiro atoms. The first-order valence-electron chi connectivity index (χ1n) is 3.48. The summed E-state index contributed by atoms with van der Waals surface area (Å²) in [5.41, 5.74) is 0. The molecular formula is C7H10N4. The summed E-state index contributed by atoms with van der Waals surface area (Å²) in [7, 11) is 0. The number of nitriles is 1. The van der Waals surface area contributed by atoms with Crippen LogP contribution in [0.1, 0.15) is 6.42 Å². The molecule has 58 valence electrons. The Morgan fingerprint density at radius 1 is 1.64 bits per heavy atom. The smallest absolute Gasteiger partial charge is 0.204 e. The van der Waals surface area contributed by atoms with Gasteiger partial charge >= 0.3 is 0 Å². The van der Waals surface area contributed by atoms with Crippen molar-refractivity contribution in [1.82, 2.24) is 10.2 Å². The van der Waals surface area contributed by atoms with E-state index in [2.05, 4.69) is 11.4 Å². The van der Waals surface area contributed by atoms with Crippen LogP contribution in [-0.2, 0) is 0 Å².